The summed E-state index contributed by atoms with van der Waals surface area (Å²) in [7, 11) is 1.79. The molecule has 0 N–H and O–H groups in total. The van der Waals surface area contributed by atoms with Crippen molar-refractivity contribution in [3.63, 3.8) is 0 Å². The molecule has 11 rings (SSSR count). The van der Waals surface area contributed by atoms with E-state index in [9.17, 15) is 0 Å². The molecule has 0 aliphatic rings. The number of aryl methyl sites for hydroxylation is 2. The van der Waals surface area contributed by atoms with Crippen molar-refractivity contribution in [3.8, 4) is 11.8 Å². The van der Waals surface area contributed by atoms with Crippen LogP contribution in [0.4, 0.5) is 0 Å². The Bertz CT molecular complexity index is 3130. The van der Waals surface area contributed by atoms with Gasteiger partial charge in [0.25, 0.3) is 0 Å². The molecule has 0 radical (unpaired) electrons. The van der Waals surface area contributed by atoms with E-state index in [1.54, 1.807) is 0 Å². The number of aromatic nitrogens is 2. The third kappa shape index (κ3) is 9.77. The Hall–Kier alpha value is -5.96. The summed E-state index contributed by atoms with van der Waals surface area (Å²) in [6.07, 6.45) is 14.7. The summed E-state index contributed by atoms with van der Waals surface area (Å²) in [5.74, 6) is 5.00. The number of para-hydroxylation sites is 4. The normalized spacial score (nSPS) is 10.6. The molecule has 0 aliphatic carbocycles. The second kappa shape index (κ2) is 22.5. The van der Waals surface area contributed by atoms with Crippen LogP contribution in [-0.4, -0.2) is 9.13 Å². The van der Waals surface area contributed by atoms with E-state index in [2.05, 4.69) is 203 Å². The van der Waals surface area contributed by atoms with Gasteiger partial charge in [0.2, 0.25) is 0 Å². The van der Waals surface area contributed by atoms with Gasteiger partial charge >= 0.3 is 44.8 Å². The van der Waals surface area contributed by atoms with Gasteiger partial charge in [-0.3, -0.25) is 11.8 Å². The summed E-state index contributed by atoms with van der Waals surface area (Å²) in [5, 5.41) is 13.6. The first-order chi connectivity index (χ1) is 31.6. The van der Waals surface area contributed by atoms with Gasteiger partial charge in [0.1, 0.15) is 47.7 Å². The van der Waals surface area contributed by atoms with Gasteiger partial charge in [-0.15, -0.1) is 23.3 Å². The number of hydrogen-bond donors (Lipinski definition) is 0. The molecule has 2 nitrogen and oxygen atoms in total. The van der Waals surface area contributed by atoms with Crippen LogP contribution < -0.4 is 31.8 Å². The van der Waals surface area contributed by atoms with E-state index in [0.29, 0.717) is 0 Å². The maximum atomic E-state index is 7.33. The third-order valence-corrected chi connectivity index (χ3v) is 17.7. The van der Waals surface area contributed by atoms with Gasteiger partial charge < -0.3 is 22.0 Å². The van der Waals surface area contributed by atoms with Crippen molar-refractivity contribution in [1.29, 1.82) is 0 Å². The molecule has 0 unspecified atom stereocenters. The molecule has 0 spiro atoms. The average Bonchev–Trinajstić information content (AvgIpc) is 3.84. The standard InChI is InChI=1S/C30H24P2.2C15H10N.2Au/c1-5-15-25(16-6-1)31(26-17-7-2-8-18-26)29-23-13-14-24-30(29)32(27-19-9-3-10-20-27)28-21-11-4-12-22-28;2*1-3-11-7-6-9-13-12-8-4-5-10-14(12)16(2)15(11)13;;/h1-24H;2*4-10H,2H3;;/q;2*-1;2*+1/p+2. The maximum absolute atomic E-state index is 7.33. The van der Waals surface area contributed by atoms with Crippen molar-refractivity contribution in [2.75, 3.05) is 0 Å². The zero-order valence-electron chi connectivity index (χ0n) is 36.4. The Labute approximate surface area is 422 Å². The second-order valence-corrected chi connectivity index (χ2v) is 20.5. The predicted molar refractivity (Wildman–Crippen MR) is 280 cm³/mol. The Kier molecular flexibility index (Phi) is 16.4. The summed E-state index contributed by atoms with van der Waals surface area (Å²) < 4.78 is 4.25. The fraction of sp³-hybridized carbons (Fsp3) is 0.0333. The van der Waals surface area contributed by atoms with Crippen LogP contribution in [0.2, 0.25) is 0 Å². The Morgan fingerprint density at radius 3 is 0.909 bits per heavy atom. The van der Waals surface area contributed by atoms with Crippen LogP contribution in [0.5, 0.6) is 0 Å². The molecule has 0 saturated heterocycles. The van der Waals surface area contributed by atoms with Crippen LogP contribution in [0.1, 0.15) is 11.1 Å². The van der Waals surface area contributed by atoms with Gasteiger partial charge in [-0.25, -0.2) is 0 Å². The molecule has 0 amide bonds. The van der Waals surface area contributed by atoms with Crippen LogP contribution in [0.25, 0.3) is 43.6 Å². The SMILES string of the molecule is [Au+].[Au+].[C-]#Cc1cccc2c3ccccc3n(C)c12.[C-]#Cc1cccc2c3ccccc3n(C)c12.c1ccc([PH+](c2ccccc2)c2ccccc2[PH+](c2ccccc2)c2ccccc2)cc1. The number of hydrogen-bond acceptors (Lipinski definition) is 0. The van der Waals surface area contributed by atoms with E-state index in [0.717, 1.165) is 22.2 Å². The van der Waals surface area contributed by atoms with E-state index < -0.39 is 15.8 Å². The smallest absolute Gasteiger partial charge is 0.366 e. The van der Waals surface area contributed by atoms with Crippen molar-refractivity contribution in [2.45, 2.75) is 0 Å². The zero-order chi connectivity index (χ0) is 43.8. The Morgan fingerprint density at radius 1 is 0.318 bits per heavy atom. The fourth-order valence-electron chi connectivity index (χ4n) is 8.97. The summed E-state index contributed by atoms with van der Waals surface area (Å²) in [5.41, 5.74) is 6.24. The van der Waals surface area contributed by atoms with Gasteiger partial charge in [-0.05, 0) is 94.6 Å². The van der Waals surface area contributed by atoms with Crippen molar-refractivity contribution >= 4 is 91.3 Å². The molecule has 2 aromatic heterocycles. The molecule has 326 valence electrons. The van der Waals surface area contributed by atoms with E-state index in [-0.39, 0.29) is 44.8 Å². The molecule has 0 aliphatic heterocycles. The molecular formula is C60H46Au2N2P2+2. The molecule has 66 heavy (non-hydrogen) atoms. The molecule has 0 atom stereocenters. The van der Waals surface area contributed by atoms with Gasteiger partial charge in [0.05, 0.1) is 0 Å². The summed E-state index contributed by atoms with van der Waals surface area (Å²) >= 11 is 0. The first kappa shape index (κ1) is 48.0. The average molecular weight is 1250 g/mol. The number of nitrogens with zero attached hydrogens (tertiary/aromatic N) is 2. The van der Waals surface area contributed by atoms with Crippen LogP contribution in [0.15, 0.2) is 231 Å². The predicted octanol–water partition coefficient (Wildman–Crippen LogP) is 11.2. The molecule has 11 aromatic rings. The van der Waals surface area contributed by atoms with Gasteiger partial charge in [-0.2, -0.15) is 0 Å². The molecule has 0 saturated carbocycles. The second-order valence-electron chi connectivity index (χ2n) is 15.6. The monoisotopic (exact) mass is 1250 g/mol. The summed E-state index contributed by atoms with van der Waals surface area (Å²) in [4.78, 5) is 0. The van der Waals surface area contributed by atoms with Gasteiger partial charge in [0.15, 0.2) is 0 Å². The van der Waals surface area contributed by atoms with Gasteiger partial charge in [0, 0.05) is 35.9 Å². The first-order valence-electron chi connectivity index (χ1n) is 21.4. The zero-order valence-corrected chi connectivity index (χ0v) is 42.8. The molecule has 2 heterocycles. The Morgan fingerprint density at radius 2 is 0.591 bits per heavy atom. The largest absolute Gasteiger partial charge is 1.00 e. The van der Waals surface area contributed by atoms with Crippen LogP contribution >= 0.6 is 15.8 Å². The van der Waals surface area contributed by atoms with E-state index in [1.807, 2.05) is 62.6 Å². The first-order valence-corrected chi connectivity index (χ1v) is 24.4. The molecule has 0 bridgehead atoms. The van der Waals surface area contributed by atoms with Gasteiger partial charge in [-0.1, -0.05) is 146 Å². The molecule has 0 fully saturated rings. The number of fused-ring (bicyclic) bond motifs is 6. The number of rotatable bonds is 6. The summed E-state index contributed by atoms with van der Waals surface area (Å²) in [6, 6.07) is 82.0. The third-order valence-electron chi connectivity index (χ3n) is 11.8. The minimum Gasteiger partial charge on any atom is -0.366 e. The molecular weight excluding hydrogens is 1200 g/mol. The number of benzene rings is 9. The topological polar surface area (TPSA) is 9.86 Å². The van der Waals surface area contributed by atoms with Crippen molar-refractivity contribution in [1.82, 2.24) is 9.13 Å². The Balaban J connectivity index is 0.000000160. The van der Waals surface area contributed by atoms with Crippen molar-refractivity contribution < 1.29 is 44.8 Å². The van der Waals surface area contributed by atoms with E-state index in [1.165, 1.54) is 64.4 Å². The minimum atomic E-state index is -1.14. The van der Waals surface area contributed by atoms with Crippen molar-refractivity contribution in [2.24, 2.45) is 14.1 Å². The van der Waals surface area contributed by atoms with Crippen LogP contribution in [0.3, 0.4) is 0 Å². The summed E-state index contributed by atoms with van der Waals surface area (Å²) in [6.45, 7) is 0. The quantitative estimate of drug-likeness (QED) is 0.0680. The maximum Gasteiger partial charge on any atom is 1.00 e. The van der Waals surface area contributed by atoms with Crippen molar-refractivity contribution in [3.05, 3.63) is 254 Å². The molecule has 6 heteroatoms. The van der Waals surface area contributed by atoms with E-state index >= 15 is 0 Å². The minimum absolute atomic E-state index is 0. The molecule has 9 aromatic carbocycles. The van der Waals surface area contributed by atoms with Crippen LogP contribution in [-0.2, 0) is 58.9 Å². The van der Waals surface area contributed by atoms with E-state index in [4.69, 9.17) is 12.8 Å². The van der Waals surface area contributed by atoms with Crippen LogP contribution in [0, 0.1) is 24.7 Å². The fourth-order valence-corrected chi connectivity index (χ4v) is 15.0.